The monoisotopic (exact) mass is 193 g/mol. The molecule has 0 fully saturated rings. The first-order valence-electron chi connectivity index (χ1n) is 4.10. The lowest BCUT2D eigenvalue weighted by Crippen LogP contribution is -2.33. The quantitative estimate of drug-likeness (QED) is 0.680. The molecule has 3 heteroatoms. The molecule has 3 nitrogen and oxygen atoms in total. The summed E-state index contributed by atoms with van der Waals surface area (Å²) in [5.41, 5.74) is 1.39. The summed E-state index contributed by atoms with van der Waals surface area (Å²) in [5, 5.41) is 2.66. The van der Waals surface area contributed by atoms with Crippen LogP contribution in [-0.4, -0.2) is 12.5 Å². The van der Waals surface area contributed by atoms with Crippen molar-refractivity contribution in [2.75, 3.05) is 6.61 Å². The van der Waals surface area contributed by atoms with Gasteiger partial charge in [0.2, 0.25) is 0 Å². The van der Waals surface area contributed by atoms with Crippen LogP contribution in [0.3, 0.4) is 0 Å². The van der Waals surface area contributed by atoms with Crippen LogP contribution >= 0.6 is 0 Å². The maximum Gasteiger partial charge on any atom is 0.262 e. The third kappa shape index (κ3) is 2.94. The van der Waals surface area contributed by atoms with E-state index in [-0.39, 0.29) is 12.5 Å². The van der Waals surface area contributed by atoms with Crippen molar-refractivity contribution >= 4 is 5.91 Å². The van der Waals surface area contributed by atoms with Gasteiger partial charge in [-0.25, -0.2) is 0 Å². The number of ether oxygens (including phenoxy) is 1. The predicted molar refractivity (Wildman–Crippen MR) is 57.4 cm³/mol. The molecule has 0 aromatic heterocycles. The fraction of sp³-hybridized carbons (Fsp3) is 0.182. The molecule has 1 rings (SSSR count). The Bertz CT molecular complexity index is 290. The summed E-state index contributed by atoms with van der Waals surface area (Å²) < 4.78 is 5.10. The van der Waals surface area contributed by atoms with E-state index < -0.39 is 0 Å². The number of allylic oxidation sites excluding steroid dienone is 2. The van der Waals surface area contributed by atoms with Gasteiger partial charge in [0.25, 0.3) is 5.91 Å². The first-order chi connectivity index (χ1) is 6.65. The van der Waals surface area contributed by atoms with Crippen molar-refractivity contribution in [3.8, 4) is 0 Å². The van der Waals surface area contributed by atoms with Gasteiger partial charge in [0.1, 0.15) is 5.76 Å². The van der Waals surface area contributed by atoms with E-state index in [1.807, 2.05) is 0 Å². The summed E-state index contributed by atoms with van der Waals surface area (Å²) in [7, 11) is 0. The SMILES string of the molecule is C=C.C=CC1=C(C(=C)C)NC(=O)CO1. The first-order valence-corrected chi connectivity index (χ1v) is 4.10. The van der Waals surface area contributed by atoms with Gasteiger partial charge in [-0.2, -0.15) is 0 Å². The zero-order chi connectivity index (χ0) is 11.1. The van der Waals surface area contributed by atoms with Crippen LogP contribution in [0.5, 0.6) is 0 Å². The lowest BCUT2D eigenvalue weighted by Gasteiger charge is -2.19. The van der Waals surface area contributed by atoms with Crippen LogP contribution in [0, 0.1) is 0 Å². The lowest BCUT2D eigenvalue weighted by atomic mass is 10.2. The molecule has 0 spiro atoms. The maximum absolute atomic E-state index is 10.9. The molecule has 1 amide bonds. The van der Waals surface area contributed by atoms with Crippen molar-refractivity contribution in [2.24, 2.45) is 0 Å². The second kappa shape index (κ2) is 5.80. The van der Waals surface area contributed by atoms with Gasteiger partial charge < -0.3 is 10.1 Å². The molecule has 1 N–H and O–H groups in total. The van der Waals surface area contributed by atoms with E-state index in [9.17, 15) is 4.79 Å². The number of hydrogen-bond donors (Lipinski definition) is 1. The molecule has 1 aliphatic heterocycles. The van der Waals surface area contributed by atoms with Crippen LogP contribution in [0.15, 0.2) is 49.4 Å². The number of carbonyl (C=O) groups excluding carboxylic acids is 1. The molecule has 0 atom stereocenters. The fourth-order valence-electron chi connectivity index (χ4n) is 0.931. The van der Waals surface area contributed by atoms with E-state index in [2.05, 4.69) is 31.6 Å². The van der Waals surface area contributed by atoms with Gasteiger partial charge in [-0.1, -0.05) is 13.2 Å². The van der Waals surface area contributed by atoms with Crippen molar-refractivity contribution in [1.29, 1.82) is 0 Å². The standard InChI is InChI=1S/C9H11NO2.C2H4/c1-4-7-9(6(2)3)10-8(11)5-12-7;1-2/h4H,1-2,5H2,3H3,(H,10,11);1-2H2. The number of rotatable bonds is 2. The third-order valence-corrected chi connectivity index (χ3v) is 1.48. The largest absolute Gasteiger partial charge is 0.482 e. The van der Waals surface area contributed by atoms with Crippen LogP contribution in [0.25, 0.3) is 0 Å². The first kappa shape index (κ1) is 12.2. The molecule has 0 saturated heterocycles. The van der Waals surface area contributed by atoms with Gasteiger partial charge in [-0.15, -0.1) is 13.2 Å². The summed E-state index contributed by atoms with van der Waals surface area (Å²) in [6.07, 6.45) is 1.56. The van der Waals surface area contributed by atoms with Crippen LogP contribution in [-0.2, 0) is 9.53 Å². The maximum atomic E-state index is 10.9. The molecule has 14 heavy (non-hydrogen) atoms. The molecule has 76 valence electrons. The molecular weight excluding hydrogens is 178 g/mol. The highest BCUT2D eigenvalue weighted by molar-refractivity contribution is 5.81. The fourth-order valence-corrected chi connectivity index (χ4v) is 0.931. The highest BCUT2D eigenvalue weighted by atomic mass is 16.5. The molecular formula is C11H15NO2. The molecule has 0 aliphatic carbocycles. The molecule has 0 aromatic rings. The van der Waals surface area contributed by atoms with E-state index in [4.69, 9.17) is 4.74 Å². The van der Waals surface area contributed by atoms with Gasteiger partial charge in [0.15, 0.2) is 6.61 Å². The molecule has 1 heterocycles. The molecule has 0 radical (unpaired) electrons. The van der Waals surface area contributed by atoms with Crippen LogP contribution < -0.4 is 5.32 Å². The van der Waals surface area contributed by atoms with Crippen molar-refractivity contribution in [1.82, 2.24) is 5.32 Å². The molecule has 0 aromatic carbocycles. The topological polar surface area (TPSA) is 38.3 Å². The number of amides is 1. The van der Waals surface area contributed by atoms with Crippen LogP contribution in [0.2, 0.25) is 0 Å². The molecule has 0 bridgehead atoms. The summed E-state index contributed by atoms with van der Waals surface area (Å²) in [6.45, 7) is 15.1. The van der Waals surface area contributed by atoms with E-state index in [0.29, 0.717) is 11.5 Å². The van der Waals surface area contributed by atoms with Crippen LogP contribution in [0.1, 0.15) is 6.92 Å². The highest BCUT2D eigenvalue weighted by Gasteiger charge is 2.16. The number of nitrogens with one attached hydrogen (secondary N) is 1. The number of carbonyl (C=O) groups is 1. The molecule has 1 aliphatic rings. The Kier molecular flexibility index (Phi) is 5.07. The number of hydrogen-bond acceptors (Lipinski definition) is 2. The van der Waals surface area contributed by atoms with E-state index in [0.717, 1.165) is 5.57 Å². The Hall–Kier alpha value is -1.77. The van der Waals surface area contributed by atoms with Gasteiger partial charge in [0, 0.05) is 0 Å². The Balaban J connectivity index is 0.000000791. The third-order valence-electron chi connectivity index (χ3n) is 1.48. The smallest absolute Gasteiger partial charge is 0.262 e. The zero-order valence-electron chi connectivity index (χ0n) is 8.43. The second-order valence-corrected chi connectivity index (χ2v) is 2.56. The minimum Gasteiger partial charge on any atom is -0.482 e. The predicted octanol–water partition coefficient (Wildman–Crippen LogP) is 1.91. The summed E-state index contributed by atoms with van der Waals surface area (Å²) in [5.74, 6) is 0.431. The summed E-state index contributed by atoms with van der Waals surface area (Å²) >= 11 is 0. The Morgan fingerprint density at radius 2 is 2.14 bits per heavy atom. The van der Waals surface area contributed by atoms with Gasteiger partial charge >= 0.3 is 0 Å². The van der Waals surface area contributed by atoms with E-state index in [1.165, 1.54) is 0 Å². The van der Waals surface area contributed by atoms with Gasteiger partial charge in [-0.05, 0) is 18.6 Å². The zero-order valence-corrected chi connectivity index (χ0v) is 8.43. The van der Waals surface area contributed by atoms with Crippen molar-refractivity contribution < 1.29 is 9.53 Å². The Labute approximate surface area is 84.5 Å². The van der Waals surface area contributed by atoms with Crippen molar-refractivity contribution in [3.63, 3.8) is 0 Å². The Morgan fingerprint density at radius 1 is 1.57 bits per heavy atom. The van der Waals surface area contributed by atoms with E-state index >= 15 is 0 Å². The van der Waals surface area contributed by atoms with Crippen molar-refractivity contribution in [2.45, 2.75) is 6.92 Å². The Morgan fingerprint density at radius 3 is 2.57 bits per heavy atom. The molecule has 0 unspecified atom stereocenters. The minimum absolute atomic E-state index is 0.0537. The second-order valence-electron chi connectivity index (χ2n) is 2.56. The van der Waals surface area contributed by atoms with Crippen molar-refractivity contribution in [3.05, 3.63) is 49.4 Å². The molecule has 0 saturated carbocycles. The summed E-state index contributed by atoms with van der Waals surface area (Å²) in [4.78, 5) is 10.9. The van der Waals surface area contributed by atoms with Crippen LogP contribution in [0.4, 0.5) is 0 Å². The lowest BCUT2D eigenvalue weighted by molar-refractivity contribution is -0.124. The van der Waals surface area contributed by atoms with Gasteiger partial charge in [-0.3, -0.25) is 4.79 Å². The van der Waals surface area contributed by atoms with Gasteiger partial charge in [0.05, 0.1) is 5.70 Å². The average Bonchev–Trinajstić information content (AvgIpc) is 2.20. The summed E-state index contributed by atoms with van der Waals surface area (Å²) in [6, 6.07) is 0. The van der Waals surface area contributed by atoms with E-state index in [1.54, 1.807) is 13.0 Å². The minimum atomic E-state index is -0.154. The average molecular weight is 193 g/mol. The normalized spacial score (nSPS) is 14.5. The highest BCUT2D eigenvalue weighted by Crippen LogP contribution is 2.15.